The number of hydrogen-bond acceptors (Lipinski definition) is 8. The fourth-order valence-corrected chi connectivity index (χ4v) is 6.08. The van der Waals surface area contributed by atoms with Crippen LogP contribution in [0.1, 0.15) is 58.9 Å². The molecule has 0 aliphatic rings. The Kier molecular flexibility index (Phi) is 9.97. The number of nitro groups is 1. The number of nitro benzene ring substituents is 1. The van der Waals surface area contributed by atoms with Gasteiger partial charge in [0.05, 0.1) is 30.0 Å². The first-order valence-electron chi connectivity index (χ1n) is 12.5. The van der Waals surface area contributed by atoms with E-state index < -0.39 is 18.5 Å². The summed E-state index contributed by atoms with van der Waals surface area (Å²) in [5, 5.41) is 16.9. The van der Waals surface area contributed by atoms with Crippen LogP contribution in [-0.4, -0.2) is 40.5 Å². The molecule has 0 aliphatic heterocycles. The van der Waals surface area contributed by atoms with Crippen molar-refractivity contribution in [3.63, 3.8) is 0 Å². The summed E-state index contributed by atoms with van der Waals surface area (Å²) in [6.07, 6.45) is 3.87. The minimum atomic E-state index is -3.02. The van der Waals surface area contributed by atoms with Crippen molar-refractivity contribution in [1.82, 2.24) is 4.57 Å². The summed E-state index contributed by atoms with van der Waals surface area (Å²) >= 11 is 0. The van der Waals surface area contributed by atoms with Crippen LogP contribution in [0.5, 0.6) is 0 Å². The number of non-ortho nitro benzene ring substituents is 1. The molecule has 0 atom stereocenters. The second-order valence-corrected chi connectivity index (χ2v) is 10.9. The van der Waals surface area contributed by atoms with E-state index in [0.29, 0.717) is 25.1 Å². The highest BCUT2D eigenvalue weighted by molar-refractivity contribution is 7.53. The number of nitrogens with zero attached hydrogens (tertiary/aromatic N) is 3. The maximum atomic E-state index is 12.6. The van der Waals surface area contributed by atoms with E-state index in [1.807, 2.05) is 32.0 Å². The van der Waals surface area contributed by atoms with Crippen molar-refractivity contribution in [3.05, 3.63) is 52.1 Å². The lowest BCUT2D eigenvalue weighted by atomic mass is 10.1. The summed E-state index contributed by atoms with van der Waals surface area (Å²) in [7, 11) is -3.02. The number of unbranched alkanes of at least 4 members (excludes halogenated alkanes) is 3. The zero-order valence-corrected chi connectivity index (χ0v) is 22.7. The van der Waals surface area contributed by atoms with Gasteiger partial charge in [0, 0.05) is 47.4 Å². The second kappa shape index (κ2) is 12.9. The van der Waals surface area contributed by atoms with Gasteiger partial charge in [0.2, 0.25) is 0 Å². The van der Waals surface area contributed by atoms with Crippen LogP contribution in [0.25, 0.3) is 21.8 Å². The van der Waals surface area contributed by atoms with Gasteiger partial charge in [-0.25, -0.2) is 4.79 Å². The van der Waals surface area contributed by atoms with Gasteiger partial charge in [-0.15, -0.1) is 0 Å². The number of aryl methyl sites for hydroxylation is 1. The lowest BCUT2D eigenvalue weighted by molar-refractivity contribution is -0.384. The standard InChI is InChI=1S/C26H34N3O7P/c1-5-34-37(33,35-6-2)16-10-8-7-9-15-28-25-13-11-21(19(3)27-36-20(4)30)17-23(25)24-18-22(29(31)32)12-14-26(24)28/h11-14,17-18H,5-10,15-16H2,1-4H3/b27-19+. The Labute approximate surface area is 216 Å². The maximum Gasteiger partial charge on any atom is 0.331 e. The highest BCUT2D eigenvalue weighted by atomic mass is 31.2. The number of rotatable bonds is 14. The molecule has 200 valence electrons. The van der Waals surface area contributed by atoms with Crippen LogP contribution < -0.4 is 0 Å². The first-order valence-corrected chi connectivity index (χ1v) is 14.2. The Bertz CT molecular complexity index is 1340. The average Bonchev–Trinajstić information content (AvgIpc) is 3.17. The molecule has 0 radical (unpaired) electrons. The van der Waals surface area contributed by atoms with Gasteiger partial charge in [0.15, 0.2) is 0 Å². The Balaban J connectivity index is 1.81. The quantitative estimate of drug-likeness (QED) is 0.0559. The predicted molar refractivity (Wildman–Crippen MR) is 144 cm³/mol. The molecule has 0 saturated heterocycles. The molecule has 0 saturated carbocycles. The summed E-state index contributed by atoms with van der Waals surface area (Å²) in [5.41, 5.74) is 3.17. The zero-order chi connectivity index (χ0) is 27.0. The fraction of sp³-hybridized carbons (Fsp3) is 0.462. The molecule has 0 spiro atoms. The molecule has 11 heteroatoms. The molecule has 0 unspecified atom stereocenters. The maximum absolute atomic E-state index is 12.6. The second-order valence-electron chi connectivity index (χ2n) is 8.69. The molecule has 0 bridgehead atoms. The summed E-state index contributed by atoms with van der Waals surface area (Å²) < 4.78 is 25.5. The van der Waals surface area contributed by atoms with E-state index in [0.717, 1.165) is 59.6 Å². The third kappa shape index (κ3) is 7.25. The summed E-state index contributed by atoms with van der Waals surface area (Å²) in [4.78, 5) is 26.9. The van der Waals surface area contributed by atoms with Crippen LogP contribution in [0.15, 0.2) is 41.6 Å². The van der Waals surface area contributed by atoms with Crippen LogP contribution in [0, 0.1) is 10.1 Å². The van der Waals surface area contributed by atoms with Crippen molar-refractivity contribution < 1.29 is 28.2 Å². The Morgan fingerprint density at radius 2 is 1.59 bits per heavy atom. The van der Waals surface area contributed by atoms with Crippen LogP contribution in [0.4, 0.5) is 5.69 Å². The topological polar surface area (TPSA) is 122 Å². The summed E-state index contributed by atoms with van der Waals surface area (Å²) in [5.74, 6) is -0.508. The van der Waals surface area contributed by atoms with E-state index >= 15 is 0 Å². The molecule has 0 amide bonds. The lowest BCUT2D eigenvalue weighted by Gasteiger charge is -2.16. The molecule has 3 aromatic rings. The van der Waals surface area contributed by atoms with Gasteiger partial charge >= 0.3 is 13.6 Å². The van der Waals surface area contributed by atoms with Crippen LogP contribution >= 0.6 is 7.60 Å². The van der Waals surface area contributed by atoms with E-state index in [9.17, 15) is 19.5 Å². The van der Waals surface area contributed by atoms with Crippen molar-refractivity contribution in [1.29, 1.82) is 0 Å². The molecule has 0 N–H and O–H groups in total. The molecule has 0 aliphatic carbocycles. The molecule has 37 heavy (non-hydrogen) atoms. The molecular weight excluding hydrogens is 497 g/mol. The van der Waals surface area contributed by atoms with Crippen molar-refractivity contribution in [2.24, 2.45) is 5.16 Å². The largest absolute Gasteiger partial charge is 0.340 e. The van der Waals surface area contributed by atoms with Gasteiger partial charge in [0.1, 0.15) is 0 Å². The van der Waals surface area contributed by atoms with Gasteiger partial charge < -0.3 is 18.5 Å². The van der Waals surface area contributed by atoms with Gasteiger partial charge in [-0.3, -0.25) is 14.7 Å². The average molecular weight is 532 g/mol. The third-order valence-electron chi connectivity index (χ3n) is 6.00. The minimum Gasteiger partial charge on any atom is -0.340 e. The van der Waals surface area contributed by atoms with E-state index in [-0.39, 0.29) is 5.69 Å². The van der Waals surface area contributed by atoms with E-state index in [4.69, 9.17) is 13.9 Å². The van der Waals surface area contributed by atoms with Gasteiger partial charge in [0.25, 0.3) is 5.69 Å². The molecule has 10 nitrogen and oxygen atoms in total. The van der Waals surface area contributed by atoms with Gasteiger partial charge in [-0.05, 0) is 57.4 Å². The van der Waals surface area contributed by atoms with Crippen LogP contribution in [-0.2, 0) is 29.8 Å². The van der Waals surface area contributed by atoms with Gasteiger partial charge in [-0.2, -0.15) is 0 Å². The number of aromatic nitrogens is 1. The smallest absolute Gasteiger partial charge is 0.331 e. The van der Waals surface area contributed by atoms with Crippen LogP contribution in [0.3, 0.4) is 0 Å². The Hall–Kier alpha value is -3.07. The number of carbonyl (C=O) groups is 1. The minimum absolute atomic E-state index is 0.0234. The van der Waals surface area contributed by atoms with Crippen molar-refractivity contribution in [3.8, 4) is 0 Å². The Morgan fingerprint density at radius 1 is 0.973 bits per heavy atom. The summed E-state index contributed by atoms with van der Waals surface area (Å²) in [6.45, 7) is 8.09. The monoisotopic (exact) mass is 531 g/mol. The molecule has 3 rings (SSSR count). The lowest BCUT2D eigenvalue weighted by Crippen LogP contribution is -2.01. The number of hydrogen-bond donors (Lipinski definition) is 0. The first kappa shape index (κ1) is 28.5. The van der Waals surface area contributed by atoms with Gasteiger partial charge in [-0.1, -0.05) is 24.1 Å². The SMILES string of the molecule is CCOP(=O)(CCCCCCn1c2ccc(/C(C)=N/OC(C)=O)cc2c2cc([N+](=O)[O-])ccc21)OCC. The van der Waals surface area contributed by atoms with Crippen molar-refractivity contribution >= 4 is 46.8 Å². The van der Waals surface area contributed by atoms with E-state index in [2.05, 4.69) is 9.72 Å². The number of benzene rings is 2. The van der Waals surface area contributed by atoms with Crippen molar-refractivity contribution in [2.45, 2.75) is 59.9 Å². The van der Waals surface area contributed by atoms with Crippen LogP contribution in [0.2, 0.25) is 0 Å². The molecule has 1 aromatic heterocycles. The number of oxime groups is 1. The summed E-state index contributed by atoms with van der Waals surface area (Å²) in [6, 6.07) is 10.7. The third-order valence-corrected chi connectivity index (χ3v) is 8.17. The van der Waals surface area contributed by atoms with E-state index in [1.54, 1.807) is 19.1 Å². The normalized spacial score (nSPS) is 12.4. The molecule has 0 fully saturated rings. The highest BCUT2D eigenvalue weighted by Gasteiger charge is 2.22. The predicted octanol–water partition coefficient (Wildman–Crippen LogP) is 6.82. The van der Waals surface area contributed by atoms with E-state index in [1.165, 1.54) is 13.0 Å². The highest BCUT2D eigenvalue weighted by Crippen LogP contribution is 2.48. The zero-order valence-electron chi connectivity index (χ0n) is 21.8. The molecular formula is C26H34N3O7P. The fourth-order valence-electron chi connectivity index (χ4n) is 4.35. The number of carbonyl (C=O) groups excluding carboxylic acids is 1. The first-order chi connectivity index (χ1) is 17.7. The molecule has 2 aromatic carbocycles. The number of fused-ring (bicyclic) bond motifs is 3. The molecule has 1 heterocycles. The Morgan fingerprint density at radius 3 is 2.22 bits per heavy atom. The van der Waals surface area contributed by atoms with Crippen molar-refractivity contribution in [2.75, 3.05) is 19.4 Å².